The maximum absolute atomic E-state index is 12.9. The number of likely N-dealkylation sites (tertiary alicyclic amines) is 2. The summed E-state index contributed by atoms with van der Waals surface area (Å²) in [6.07, 6.45) is 9.54. The van der Waals surface area contributed by atoms with Crippen LogP contribution in [0.3, 0.4) is 0 Å². The Labute approximate surface area is 196 Å². The molecule has 3 aromatic heterocycles. The minimum atomic E-state index is -0.00528. The number of thiazole rings is 1. The summed E-state index contributed by atoms with van der Waals surface area (Å²) in [4.78, 5) is 32.0. The van der Waals surface area contributed by atoms with Crippen molar-refractivity contribution >= 4 is 34.4 Å². The number of amides is 1. The van der Waals surface area contributed by atoms with Gasteiger partial charge in [-0.2, -0.15) is 0 Å². The summed E-state index contributed by atoms with van der Waals surface area (Å²) in [5.41, 5.74) is 1.87. The molecule has 2 aliphatic heterocycles. The van der Waals surface area contributed by atoms with Crippen molar-refractivity contribution in [2.45, 2.75) is 38.1 Å². The summed E-state index contributed by atoms with van der Waals surface area (Å²) in [6, 6.07) is 4.40. The highest BCUT2D eigenvalue weighted by atomic mass is 32.1. The van der Waals surface area contributed by atoms with Crippen molar-refractivity contribution in [1.29, 1.82) is 0 Å². The van der Waals surface area contributed by atoms with Gasteiger partial charge < -0.3 is 10.2 Å². The highest BCUT2D eigenvalue weighted by Gasteiger charge is 2.27. The molecule has 7 nitrogen and oxygen atoms in total. The average molecular weight is 469 g/mol. The summed E-state index contributed by atoms with van der Waals surface area (Å²) in [7, 11) is 0. The number of nitrogens with one attached hydrogen (secondary N) is 1. The van der Waals surface area contributed by atoms with E-state index in [-0.39, 0.29) is 5.91 Å². The Balaban J connectivity index is 1.25. The van der Waals surface area contributed by atoms with E-state index in [1.807, 2.05) is 23.0 Å². The lowest BCUT2D eigenvalue weighted by Crippen LogP contribution is -2.49. The van der Waals surface area contributed by atoms with Gasteiger partial charge in [0.2, 0.25) is 5.91 Å². The molecule has 9 heteroatoms. The molecule has 2 aliphatic rings. The van der Waals surface area contributed by atoms with Crippen LogP contribution in [-0.2, 0) is 4.79 Å². The van der Waals surface area contributed by atoms with Crippen molar-refractivity contribution in [3.05, 3.63) is 35.4 Å². The van der Waals surface area contributed by atoms with Gasteiger partial charge in [0, 0.05) is 35.8 Å². The maximum Gasteiger partial charge on any atom is 0.239 e. The lowest BCUT2D eigenvalue weighted by Gasteiger charge is -2.37. The van der Waals surface area contributed by atoms with Gasteiger partial charge in [-0.25, -0.2) is 15.0 Å². The number of thiophene rings is 1. The number of hydrogen-bond donors (Lipinski definition) is 1. The van der Waals surface area contributed by atoms with Gasteiger partial charge in [-0.05, 0) is 56.8 Å². The molecule has 0 aromatic carbocycles. The van der Waals surface area contributed by atoms with Gasteiger partial charge in [0.15, 0.2) is 0 Å². The molecule has 32 heavy (non-hydrogen) atoms. The number of piperidine rings is 1. The fourth-order valence-electron chi connectivity index (χ4n) is 4.69. The van der Waals surface area contributed by atoms with E-state index in [0.29, 0.717) is 18.4 Å². The van der Waals surface area contributed by atoms with Gasteiger partial charge in [0.05, 0.1) is 17.1 Å². The van der Waals surface area contributed by atoms with Crippen LogP contribution in [-0.4, -0.2) is 69.4 Å². The van der Waals surface area contributed by atoms with E-state index in [2.05, 4.69) is 36.1 Å². The largest absolute Gasteiger partial charge is 0.309 e. The van der Waals surface area contributed by atoms with Gasteiger partial charge >= 0.3 is 0 Å². The van der Waals surface area contributed by atoms with E-state index in [1.54, 1.807) is 22.7 Å². The highest BCUT2D eigenvalue weighted by Crippen LogP contribution is 2.37. The average Bonchev–Trinajstić information content (AvgIpc) is 3.57. The molecular formula is C23H28N6OS2. The zero-order valence-corrected chi connectivity index (χ0v) is 19.7. The molecular weight excluding hydrogens is 440 g/mol. The molecule has 1 N–H and O–H groups in total. The quantitative estimate of drug-likeness (QED) is 0.560. The fraction of sp³-hybridized carbons (Fsp3) is 0.478. The standard InChI is InChI=1S/C23H28N6OS2/c30-21(15-29-10-2-1-5-17(29)14-28-8-3-4-9-28)27-20-13-19(25-16-26-20)22-18(6-11-31-22)23-24-7-12-32-23/h6-7,11-13,16-17H,1-5,8-10,14-15H2,(H,25,26,27,30). The first kappa shape index (κ1) is 21.6. The van der Waals surface area contributed by atoms with Gasteiger partial charge in [-0.3, -0.25) is 9.69 Å². The highest BCUT2D eigenvalue weighted by molar-refractivity contribution is 7.16. The van der Waals surface area contributed by atoms with E-state index in [0.717, 1.165) is 34.2 Å². The Morgan fingerprint density at radius 1 is 1.06 bits per heavy atom. The summed E-state index contributed by atoms with van der Waals surface area (Å²) in [5, 5.41) is 8.00. The SMILES string of the molecule is O=C(CN1CCCCC1CN1CCCC1)Nc1cc(-c2sccc2-c2nccs2)ncn1. The Kier molecular flexibility index (Phi) is 6.87. The number of carbonyl (C=O) groups is 1. The van der Waals surface area contributed by atoms with E-state index in [9.17, 15) is 4.79 Å². The lowest BCUT2D eigenvalue weighted by atomic mass is 10.0. The molecule has 0 bridgehead atoms. The van der Waals surface area contributed by atoms with Crippen molar-refractivity contribution in [3.8, 4) is 21.1 Å². The monoisotopic (exact) mass is 468 g/mol. The molecule has 1 amide bonds. The molecule has 5 heterocycles. The fourth-order valence-corrected chi connectivity index (χ4v) is 6.29. The van der Waals surface area contributed by atoms with Crippen molar-refractivity contribution in [2.24, 2.45) is 0 Å². The number of aromatic nitrogens is 3. The molecule has 168 valence electrons. The third kappa shape index (κ3) is 5.06. The molecule has 0 radical (unpaired) electrons. The van der Waals surface area contributed by atoms with Crippen LogP contribution in [0, 0.1) is 0 Å². The molecule has 0 saturated carbocycles. The predicted octanol–water partition coefficient (Wildman–Crippen LogP) is 4.22. The summed E-state index contributed by atoms with van der Waals surface area (Å²) in [5.74, 6) is 0.542. The minimum absolute atomic E-state index is 0.00528. The summed E-state index contributed by atoms with van der Waals surface area (Å²) in [6.45, 7) is 4.90. The zero-order chi connectivity index (χ0) is 21.8. The number of carbonyl (C=O) groups excluding carboxylic acids is 1. The van der Waals surface area contributed by atoms with Crippen LogP contribution in [0.2, 0.25) is 0 Å². The van der Waals surface area contributed by atoms with Crippen LogP contribution in [0.25, 0.3) is 21.1 Å². The molecule has 3 aromatic rings. The smallest absolute Gasteiger partial charge is 0.239 e. The van der Waals surface area contributed by atoms with Crippen molar-refractivity contribution in [1.82, 2.24) is 24.8 Å². The normalized spacial score (nSPS) is 19.9. The summed E-state index contributed by atoms with van der Waals surface area (Å²) < 4.78 is 0. The van der Waals surface area contributed by atoms with Gasteiger partial charge in [-0.15, -0.1) is 22.7 Å². The number of hydrogen-bond acceptors (Lipinski definition) is 8. The van der Waals surface area contributed by atoms with Crippen molar-refractivity contribution < 1.29 is 4.79 Å². The summed E-state index contributed by atoms with van der Waals surface area (Å²) >= 11 is 3.23. The molecule has 1 unspecified atom stereocenters. The van der Waals surface area contributed by atoms with Gasteiger partial charge in [-0.1, -0.05) is 6.42 Å². The second-order valence-electron chi connectivity index (χ2n) is 8.47. The first-order valence-electron chi connectivity index (χ1n) is 11.3. The zero-order valence-electron chi connectivity index (χ0n) is 18.1. The Bertz CT molecular complexity index is 1030. The number of nitrogens with zero attached hydrogens (tertiary/aromatic N) is 5. The van der Waals surface area contributed by atoms with Crippen LogP contribution < -0.4 is 5.32 Å². The third-order valence-electron chi connectivity index (χ3n) is 6.26. The lowest BCUT2D eigenvalue weighted by molar-refractivity contribution is -0.118. The molecule has 2 fully saturated rings. The van der Waals surface area contributed by atoms with E-state index in [4.69, 9.17) is 0 Å². The Hall–Kier alpha value is -2.20. The topological polar surface area (TPSA) is 74.2 Å². The van der Waals surface area contributed by atoms with Crippen LogP contribution >= 0.6 is 22.7 Å². The molecule has 0 aliphatic carbocycles. The first-order valence-corrected chi connectivity index (χ1v) is 13.1. The van der Waals surface area contributed by atoms with Crippen LogP contribution in [0.15, 0.2) is 35.4 Å². The van der Waals surface area contributed by atoms with Crippen LogP contribution in [0.5, 0.6) is 0 Å². The molecule has 5 rings (SSSR count). The Morgan fingerprint density at radius 2 is 1.94 bits per heavy atom. The number of anilines is 1. The Morgan fingerprint density at radius 3 is 2.78 bits per heavy atom. The van der Waals surface area contributed by atoms with Gasteiger partial charge in [0.1, 0.15) is 17.2 Å². The molecule has 1 atom stereocenters. The van der Waals surface area contributed by atoms with Crippen LogP contribution in [0.1, 0.15) is 32.1 Å². The molecule has 2 saturated heterocycles. The van der Waals surface area contributed by atoms with Crippen LogP contribution in [0.4, 0.5) is 5.82 Å². The van der Waals surface area contributed by atoms with Gasteiger partial charge in [0.25, 0.3) is 0 Å². The van der Waals surface area contributed by atoms with E-state index < -0.39 is 0 Å². The van der Waals surface area contributed by atoms with E-state index >= 15 is 0 Å². The minimum Gasteiger partial charge on any atom is -0.309 e. The number of rotatable bonds is 7. The maximum atomic E-state index is 12.9. The molecule has 0 spiro atoms. The van der Waals surface area contributed by atoms with Crippen molar-refractivity contribution in [3.63, 3.8) is 0 Å². The predicted molar refractivity (Wildman–Crippen MR) is 130 cm³/mol. The van der Waals surface area contributed by atoms with Crippen molar-refractivity contribution in [2.75, 3.05) is 38.0 Å². The third-order valence-corrected chi connectivity index (χ3v) is 8.00. The second-order valence-corrected chi connectivity index (χ2v) is 10.3. The van der Waals surface area contributed by atoms with E-state index in [1.165, 1.54) is 51.5 Å². The first-order chi connectivity index (χ1) is 15.8. The second kappa shape index (κ2) is 10.2.